The van der Waals surface area contributed by atoms with Gasteiger partial charge in [-0.15, -0.1) is 0 Å². The van der Waals surface area contributed by atoms with E-state index in [0.29, 0.717) is 6.04 Å². The summed E-state index contributed by atoms with van der Waals surface area (Å²) in [5.74, 6) is 0.953. The van der Waals surface area contributed by atoms with Crippen molar-refractivity contribution in [3.63, 3.8) is 0 Å². The zero-order valence-corrected chi connectivity index (χ0v) is 17.2. The van der Waals surface area contributed by atoms with Crippen molar-refractivity contribution in [2.24, 2.45) is 5.92 Å². The number of carbonyl (C=O) groups is 2. The lowest BCUT2D eigenvalue weighted by Crippen LogP contribution is -2.51. The molecule has 0 spiro atoms. The SMILES string of the molecule is COc1ccc(NC(=O)C2CCN(C3CCN(C(=O)N(C)C)CC3)CC2)cc1. The molecule has 154 valence electrons. The van der Waals surface area contributed by atoms with Crippen LogP contribution in [0.4, 0.5) is 10.5 Å². The maximum absolute atomic E-state index is 12.6. The van der Waals surface area contributed by atoms with E-state index in [0.717, 1.165) is 63.3 Å². The highest BCUT2D eigenvalue weighted by Crippen LogP contribution is 2.25. The Bertz CT molecular complexity index is 661. The number of nitrogens with zero attached hydrogens (tertiary/aromatic N) is 3. The first kappa shape index (κ1) is 20.5. The van der Waals surface area contributed by atoms with Gasteiger partial charge in [0.15, 0.2) is 0 Å². The number of nitrogens with one attached hydrogen (secondary N) is 1. The van der Waals surface area contributed by atoms with E-state index in [-0.39, 0.29) is 17.9 Å². The van der Waals surface area contributed by atoms with Crippen LogP contribution in [0.3, 0.4) is 0 Å². The number of ether oxygens (including phenoxy) is 1. The van der Waals surface area contributed by atoms with Crippen molar-refractivity contribution < 1.29 is 14.3 Å². The fourth-order valence-electron chi connectivity index (χ4n) is 4.15. The Kier molecular flexibility index (Phi) is 6.78. The van der Waals surface area contributed by atoms with Crippen LogP contribution in [-0.4, -0.2) is 80.1 Å². The van der Waals surface area contributed by atoms with Crippen LogP contribution in [0.25, 0.3) is 0 Å². The van der Waals surface area contributed by atoms with Crippen LogP contribution in [-0.2, 0) is 4.79 Å². The summed E-state index contributed by atoms with van der Waals surface area (Å²) in [6.07, 6.45) is 3.81. The molecule has 0 aliphatic carbocycles. The van der Waals surface area contributed by atoms with E-state index in [4.69, 9.17) is 4.74 Å². The van der Waals surface area contributed by atoms with Gasteiger partial charge in [-0.2, -0.15) is 0 Å². The molecule has 2 heterocycles. The molecule has 2 aliphatic rings. The third-order valence-electron chi connectivity index (χ3n) is 5.89. The molecule has 28 heavy (non-hydrogen) atoms. The van der Waals surface area contributed by atoms with E-state index < -0.39 is 0 Å². The Morgan fingerprint density at radius 3 is 2.14 bits per heavy atom. The topological polar surface area (TPSA) is 65.1 Å². The molecular formula is C21H32N4O3. The van der Waals surface area contributed by atoms with E-state index in [2.05, 4.69) is 10.2 Å². The number of likely N-dealkylation sites (tertiary alicyclic amines) is 2. The van der Waals surface area contributed by atoms with Crippen LogP contribution < -0.4 is 10.1 Å². The van der Waals surface area contributed by atoms with Gasteiger partial charge in [0.2, 0.25) is 5.91 Å². The van der Waals surface area contributed by atoms with Gasteiger partial charge in [-0.1, -0.05) is 0 Å². The first-order valence-electron chi connectivity index (χ1n) is 10.1. The third kappa shape index (κ3) is 4.95. The monoisotopic (exact) mass is 388 g/mol. The number of benzene rings is 1. The lowest BCUT2D eigenvalue weighted by molar-refractivity contribution is -0.121. The summed E-state index contributed by atoms with van der Waals surface area (Å²) in [5, 5.41) is 3.02. The second-order valence-electron chi connectivity index (χ2n) is 7.92. The zero-order valence-electron chi connectivity index (χ0n) is 17.2. The molecule has 3 rings (SSSR count). The van der Waals surface area contributed by atoms with Gasteiger partial charge < -0.3 is 24.8 Å². The molecule has 7 heteroatoms. The van der Waals surface area contributed by atoms with E-state index >= 15 is 0 Å². The second kappa shape index (κ2) is 9.28. The molecular weight excluding hydrogens is 356 g/mol. The lowest BCUT2D eigenvalue weighted by atomic mass is 9.92. The summed E-state index contributed by atoms with van der Waals surface area (Å²) in [6, 6.07) is 8.07. The number of piperidine rings is 2. The summed E-state index contributed by atoms with van der Waals surface area (Å²) in [7, 11) is 5.23. The number of amides is 3. The van der Waals surface area contributed by atoms with E-state index in [9.17, 15) is 9.59 Å². The Morgan fingerprint density at radius 2 is 1.61 bits per heavy atom. The quantitative estimate of drug-likeness (QED) is 0.861. The molecule has 1 aromatic carbocycles. The van der Waals surface area contributed by atoms with Crippen LogP contribution in [0.1, 0.15) is 25.7 Å². The van der Waals surface area contributed by atoms with Crippen LogP contribution in [0.5, 0.6) is 5.75 Å². The van der Waals surface area contributed by atoms with Crippen molar-refractivity contribution >= 4 is 17.6 Å². The number of hydrogen-bond donors (Lipinski definition) is 1. The van der Waals surface area contributed by atoms with Gasteiger partial charge >= 0.3 is 6.03 Å². The zero-order chi connectivity index (χ0) is 20.1. The molecule has 2 fully saturated rings. The summed E-state index contributed by atoms with van der Waals surface area (Å²) in [4.78, 5) is 30.7. The summed E-state index contributed by atoms with van der Waals surface area (Å²) in [5.41, 5.74) is 0.811. The van der Waals surface area contributed by atoms with Gasteiger partial charge in [-0.25, -0.2) is 4.79 Å². The largest absolute Gasteiger partial charge is 0.497 e. The fraction of sp³-hybridized carbons (Fsp3) is 0.619. The number of carbonyl (C=O) groups excluding carboxylic acids is 2. The Balaban J connectivity index is 1.43. The minimum atomic E-state index is 0.0637. The average Bonchev–Trinajstić information content (AvgIpc) is 2.74. The maximum Gasteiger partial charge on any atom is 0.319 e. The normalized spacial score (nSPS) is 19.3. The summed E-state index contributed by atoms with van der Waals surface area (Å²) < 4.78 is 5.15. The van der Waals surface area contributed by atoms with E-state index in [1.54, 1.807) is 26.1 Å². The second-order valence-corrected chi connectivity index (χ2v) is 7.92. The highest BCUT2D eigenvalue weighted by atomic mass is 16.5. The number of hydrogen-bond acceptors (Lipinski definition) is 4. The van der Waals surface area contributed by atoms with Gasteiger partial charge in [0, 0.05) is 44.8 Å². The van der Waals surface area contributed by atoms with Crippen molar-refractivity contribution in [1.29, 1.82) is 0 Å². The van der Waals surface area contributed by atoms with E-state index in [1.165, 1.54) is 0 Å². The number of urea groups is 1. The molecule has 2 aliphatic heterocycles. The molecule has 0 bridgehead atoms. The predicted molar refractivity (Wildman–Crippen MR) is 110 cm³/mol. The molecule has 7 nitrogen and oxygen atoms in total. The van der Waals surface area contributed by atoms with Crippen molar-refractivity contribution in [2.45, 2.75) is 31.7 Å². The Hall–Kier alpha value is -2.28. The Labute approximate surface area is 167 Å². The van der Waals surface area contributed by atoms with Gasteiger partial charge in [-0.3, -0.25) is 4.79 Å². The summed E-state index contributed by atoms with van der Waals surface area (Å²) in [6.45, 7) is 3.54. The van der Waals surface area contributed by atoms with Crippen molar-refractivity contribution in [3.05, 3.63) is 24.3 Å². The third-order valence-corrected chi connectivity index (χ3v) is 5.89. The number of anilines is 1. The van der Waals surface area contributed by atoms with E-state index in [1.807, 2.05) is 29.2 Å². The minimum Gasteiger partial charge on any atom is -0.497 e. The molecule has 0 saturated carbocycles. The first-order chi connectivity index (χ1) is 13.5. The minimum absolute atomic E-state index is 0.0637. The molecule has 2 saturated heterocycles. The molecule has 0 unspecified atom stereocenters. The van der Waals surface area contributed by atoms with Gasteiger partial charge in [-0.05, 0) is 63.0 Å². The summed E-state index contributed by atoms with van der Waals surface area (Å²) >= 11 is 0. The highest BCUT2D eigenvalue weighted by Gasteiger charge is 2.31. The Morgan fingerprint density at radius 1 is 1.00 bits per heavy atom. The van der Waals surface area contributed by atoms with Crippen molar-refractivity contribution in [2.75, 3.05) is 52.7 Å². The smallest absolute Gasteiger partial charge is 0.319 e. The van der Waals surface area contributed by atoms with Crippen molar-refractivity contribution in [3.8, 4) is 5.75 Å². The molecule has 0 atom stereocenters. The van der Waals surface area contributed by atoms with Gasteiger partial charge in [0.1, 0.15) is 5.75 Å². The molecule has 1 aromatic rings. The standard InChI is InChI=1S/C21H32N4O3/c1-23(2)21(27)25-14-10-18(11-15-25)24-12-8-16(9-13-24)20(26)22-17-4-6-19(28-3)7-5-17/h4-7,16,18H,8-15H2,1-3H3,(H,22,26). The van der Waals surface area contributed by atoms with Crippen LogP contribution in [0.15, 0.2) is 24.3 Å². The van der Waals surface area contributed by atoms with Crippen molar-refractivity contribution in [1.82, 2.24) is 14.7 Å². The predicted octanol–water partition coefficient (Wildman–Crippen LogP) is 2.49. The van der Waals surface area contributed by atoms with Gasteiger partial charge in [0.05, 0.1) is 7.11 Å². The molecule has 3 amide bonds. The maximum atomic E-state index is 12.6. The number of methoxy groups -OCH3 is 1. The highest BCUT2D eigenvalue weighted by molar-refractivity contribution is 5.92. The molecule has 0 radical (unpaired) electrons. The van der Waals surface area contributed by atoms with Crippen LogP contribution in [0, 0.1) is 5.92 Å². The first-order valence-corrected chi connectivity index (χ1v) is 10.1. The number of rotatable bonds is 4. The fourth-order valence-corrected chi connectivity index (χ4v) is 4.15. The lowest BCUT2D eigenvalue weighted by Gasteiger charge is -2.42. The molecule has 0 aromatic heterocycles. The average molecular weight is 389 g/mol. The van der Waals surface area contributed by atoms with Crippen LogP contribution in [0.2, 0.25) is 0 Å². The molecule has 1 N–H and O–H groups in total. The van der Waals surface area contributed by atoms with Crippen LogP contribution >= 0.6 is 0 Å². The van der Waals surface area contributed by atoms with Gasteiger partial charge in [0.25, 0.3) is 0 Å².